The van der Waals surface area contributed by atoms with Crippen LogP contribution in [0.3, 0.4) is 0 Å². The van der Waals surface area contributed by atoms with Crippen LogP contribution >= 0.6 is 0 Å². The second-order valence-corrected chi connectivity index (χ2v) is 6.53. The minimum atomic E-state index is -0.162. The fraction of sp³-hybridized carbons (Fsp3) is 0.238. The minimum absolute atomic E-state index is 0.162. The maximum atomic E-state index is 12.7. The third-order valence-electron chi connectivity index (χ3n) is 4.40. The number of aryl methyl sites for hydroxylation is 2. The van der Waals surface area contributed by atoms with E-state index in [0.29, 0.717) is 11.3 Å². The molecule has 5 nitrogen and oxygen atoms in total. The first kappa shape index (κ1) is 17.7. The highest BCUT2D eigenvalue weighted by atomic mass is 16.5. The maximum absolute atomic E-state index is 12.7. The van der Waals surface area contributed by atoms with Gasteiger partial charge in [0.05, 0.1) is 23.9 Å². The van der Waals surface area contributed by atoms with Crippen LogP contribution in [0.15, 0.2) is 42.5 Å². The number of aromatic nitrogens is 1. The van der Waals surface area contributed by atoms with Crippen LogP contribution in [0.25, 0.3) is 10.9 Å². The van der Waals surface area contributed by atoms with Crippen LogP contribution in [0.2, 0.25) is 0 Å². The molecule has 1 aromatic heterocycles. The van der Waals surface area contributed by atoms with Crippen LogP contribution in [-0.2, 0) is 0 Å². The number of hydrogen-bond donors (Lipinski definition) is 1. The van der Waals surface area contributed by atoms with Gasteiger partial charge in [-0.3, -0.25) is 9.78 Å². The SMILES string of the molecule is COc1ccc2cc(C(=O)Nc3ccc(N(C)C)c(C)c3)c(C)nc2c1. The zero-order valence-corrected chi connectivity index (χ0v) is 15.8. The van der Waals surface area contributed by atoms with Gasteiger partial charge in [0.15, 0.2) is 0 Å². The maximum Gasteiger partial charge on any atom is 0.257 e. The molecule has 0 atom stereocenters. The zero-order chi connectivity index (χ0) is 18.8. The molecule has 0 spiro atoms. The Labute approximate surface area is 153 Å². The van der Waals surface area contributed by atoms with E-state index in [-0.39, 0.29) is 5.91 Å². The molecule has 2 aromatic carbocycles. The highest BCUT2D eigenvalue weighted by Gasteiger charge is 2.13. The Kier molecular flexibility index (Phi) is 4.80. The average molecular weight is 349 g/mol. The molecular formula is C21H23N3O2. The standard InChI is InChI=1S/C21H23N3O2/c1-13-10-16(7-9-20(13)24(3)4)23-21(25)18-11-15-6-8-17(26-5)12-19(15)22-14(18)2/h6-12H,1-5H3,(H,23,25). The van der Waals surface area contributed by atoms with E-state index in [0.717, 1.165) is 33.6 Å². The number of nitrogens with one attached hydrogen (secondary N) is 1. The molecular weight excluding hydrogens is 326 g/mol. The van der Waals surface area contributed by atoms with Gasteiger partial charge >= 0.3 is 0 Å². The summed E-state index contributed by atoms with van der Waals surface area (Å²) in [7, 11) is 5.62. The summed E-state index contributed by atoms with van der Waals surface area (Å²) in [6.07, 6.45) is 0. The van der Waals surface area contributed by atoms with E-state index >= 15 is 0 Å². The summed E-state index contributed by atoms with van der Waals surface area (Å²) in [5.74, 6) is 0.586. The van der Waals surface area contributed by atoms with Gasteiger partial charge in [-0.05, 0) is 55.8 Å². The lowest BCUT2D eigenvalue weighted by atomic mass is 10.1. The monoisotopic (exact) mass is 349 g/mol. The third kappa shape index (κ3) is 3.47. The summed E-state index contributed by atoms with van der Waals surface area (Å²) in [6.45, 7) is 3.87. The minimum Gasteiger partial charge on any atom is -0.497 e. The number of nitrogens with zero attached hydrogens (tertiary/aromatic N) is 2. The molecule has 0 unspecified atom stereocenters. The number of methoxy groups -OCH3 is 1. The van der Waals surface area contributed by atoms with Crippen molar-refractivity contribution >= 4 is 28.2 Å². The molecule has 0 saturated carbocycles. The van der Waals surface area contributed by atoms with Crippen LogP contribution in [0, 0.1) is 13.8 Å². The molecule has 26 heavy (non-hydrogen) atoms. The van der Waals surface area contributed by atoms with E-state index in [1.54, 1.807) is 7.11 Å². The summed E-state index contributed by atoms with van der Waals surface area (Å²) < 4.78 is 5.23. The third-order valence-corrected chi connectivity index (χ3v) is 4.40. The Balaban J connectivity index is 1.90. The van der Waals surface area contributed by atoms with Crippen molar-refractivity contribution in [2.45, 2.75) is 13.8 Å². The molecule has 0 saturated heterocycles. The van der Waals surface area contributed by atoms with E-state index in [1.807, 2.05) is 75.3 Å². The number of benzene rings is 2. The topological polar surface area (TPSA) is 54.5 Å². The smallest absolute Gasteiger partial charge is 0.257 e. The molecule has 5 heteroatoms. The Morgan fingerprint density at radius 3 is 2.50 bits per heavy atom. The highest BCUT2D eigenvalue weighted by molar-refractivity contribution is 6.07. The number of rotatable bonds is 4. The van der Waals surface area contributed by atoms with Crippen molar-refractivity contribution in [2.24, 2.45) is 0 Å². The molecule has 0 bridgehead atoms. The van der Waals surface area contributed by atoms with Gasteiger partial charge in [-0.2, -0.15) is 0 Å². The largest absolute Gasteiger partial charge is 0.497 e. The molecule has 0 fully saturated rings. The van der Waals surface area contributed by atoms with Crippen LogP contribution in [-0.4, -0.2) is 32.1 Å². The number of ether oxygens (including phenoxy) is 1. The van der Waals surface area contributed by atoms with Crippen LogP contribution in [0.4, 0.5) is 11.4 Å². The summed E-state index contributed by atoms with van der Waals surface area (Å²) >= 11 is 0. The molecule has 1 N–H and O–H groups in total. The van der Waals surface area contributed by atoms with Crippen molar-refractivity contribution in [3.63, 3.8) is 0 Å². The summed E-state index contributed by atoms with van der Waals surface area (Å²) in [6, 6.07) is 13.4. The second kappa shape index (κ2) is 7.04. The lowest BCUT2D eigenvalue weighted by Gasteiger charge is -2.17. The van der Waals surface area contributed by atoms with Gasteiger partial charge in [0, 0.05) is 36.9 Å². The van der Waals surface area contributed by atoms with Crippen molar-refractivity contribution in [3.8, 4) is 5.75 Å². The van der Waals surface area contributed by atoms with Crippen molar-refractivity contribution < 1.29 is 9.53 Å². The van der Waals surface area contributed by atoms with E-state index in [4.69, 9.17) is 4.74 Å². The Bertz CT molecular complexity index is 980. The van der Waals surface area contributed by atoms with E-state index in [1.165, 1.54) is 0 Å². The quantitative estimate of drug-likeness (QED) is 0.768. The number of pyridine rings is 1. The Morgan fingerprint density at radius 1 is 1.08 bits per heavy atom. The second-order valence-electron chi connectivity index (χ2n) is 6.53. The fourth-order valence-corrected chi connectivity index (χ4v) is 3.03. The fourth-order valence-electron chi connectivity index (χ4n) is 3.03. The van der Waals surface area contributed by atoms with Crippen molar-refractivity contribution in [1.82, 2.24) is 4.98 Å². The number of amides is 1. The molecule has 1 heterocycles. The molecule has 0 aliphatic heterocycles. The zero-order valence-electron chi connectivity index (χ0n) is 15.8. The predicted molar refractivity (Wildman–Crippen MR) is 106 cm³/mol. The van der Waals surface area contributed by atoms with Gasteiger partial charge in [0.1, 0.15) is 5.75 Å². The van der Waals surface area contributed by atoms with Crippen molar-refractivity contribution in [3.05, 3.63) is 59.3 Å². The number of carbonyl (C=O) groups is 1. The summed E-state index contributed by atoms with van der Waals surface area (Å²) in [4.78, 5) is 19.3. The van der Waals surface area contributed by atoms with Gasteiger partial charge in [0.25, 0.3) is 5.91 Å². The predicted octanol–water partition coefficient (Wildman–Crippen LogP) is 4.18. The van der Waals surface area contributed by atoms with Crippen LogP contribution in [0.1, 0.15) is 21.6 Å². The highest BCUT2D eigenvalue weighted by Crippen LogP contribution is 2.24. The van der Waals surface area contributed by atoms with Gasteiger partial charge in [-0.1, -0.05) is 0 Å². The normalized spacial score (nSPS) is 10.7. The number of fused-ring (bicyclic) bond motifs is 1. The van der Waals surface area contributed by atoms with Crippen LogP contribution in [0.5, 0.6) is 5.75 Å². The first-order valence-electron chi connectivity index (χ1n) is 8.44. The van der Waals surface area contributed by atoms with Crippen molar-refractivity contribution in [1.29, 1.82) is 0 Å². The molecule has 3 rings (SSSR count). The number of anilines is 2. The lowest BCUT2D eigenvalue weighted by Crippen LogP contribution is -2.15. The van der Waals surface area contributed by atoms with Gasteiger partial charge in [0.2, 0.25) is 0 Å². The lowest BCUT2D eigenvalue weighted by molar-refractivity contribution is 0.102. The summed E-state index contributed by atoms with van der Waals surface area (Å²) in [5, 5.41) is 3.87. The van der Waals surface area contributed by atoms with E-state index < -0.39 is 0 Å². The molecule has 0 aliphatic rings. The van der Waals surface area contributed by atoms with Crippen molar-refractivity contribution in [2.75, 3.05) is 31.4 Å². The molecule has 1 amide bonds. The van der Waals surface area contributed by atoms with Gasteiger partial charge < -0.3 is 15.0 Å². The first-order valence-corrected chi connectivity index (χ1v) is 8.44. The van der Waals surface area contributed by atoms with E-state index in [9.17, 15) is 4.79 Å². The van der Waals surface area contributed by atoms with Crippen LogP contribution < -0.4 is 15.0 Å². The molecule has 0 radical (unpaired) electrons. The number of hydrogen-bond acceptors (Lipinski definition) is 4. The molecule has 3 aromatic rings. The van der Waals surface area contributed by atoms with Gasteiger partial charge in [-0.15, -0.1) is 0 Å². The molecule has 0 aliphatic carbocycles. The average Bonchev–Trinajstić information content (AvgIpc) is 2.60. The molecule has 134 valence electrons. The van der Waals surface area contributed by atoms with Gasteiger partial charge in [-0.25, -0.2) is 0 Å². The Morgan fingerprint density at radius 2 is 1.85 bits per heavy atom. The Hall–Kier alpha value is -3.08. The first-order chi connectivity index (χ1) is 12.4. The van der Waals surface area contributed by atoms with E-state index in [2.05, 4.69) is 10.3 Å². The number of carbonyl (C=O) groups excluding carboxylic acids is 1. The summed E-state index contributed by atoms with van der Waals surface area (Å²) in [5.41, 5.74) is 5.06.